The summed E-state index contributed by atoms with van der Waals surface area (Å²) in [5.41, 5.74) is 1.63. The summed E-state index contributed by atoms with van der Waals surface area (Å²) in [5.74, 6) is 1.87. The van der Waals surface area contributed by atoms with Gasteiger partial charge < -0.3 is 10.6 Å². The quantitative estimate of drug-likeness (QED) is 0.838. The van der Waals surface area contributed by atoms with E-state index in [1.54, 1.807) is 0 Å². The number of aromatic nitrogens is 1. The molecule has 1 aromatic rings. The summed E-state index contributed by atoms with van der Waals surface area (Å²) in [6.45, 7) is 6.25. The third kappa shape index (κ3) is 3.95. The van der Waals surface area contributed by atoms with Gasteiger partial charge in [-0.05, 0) is 37.3 Å². The molecule has 1 saturated carbocycles. The second-order valence-corrected chi connectivity index (χ2v) is 6.12. The van der Waals surface area contributed by atoms with E-state index in [1.165, 1.54) is 12.8 Å². The minimum absolute atomic E-state index is 0.000972. The Kier molecular flexibility index (Phi) is 4.63. The maximum Gasteiger partial charge on any atom is 0.251 e. The fraction of sp³-hybridized carbons (Fsp3) is 0.625. The van der Waals surface area contributed by atoms with Crippen molar-refractivity contribution in [2.75, 3.05) is 12.4 Å². The molecule has 1 aliphatic carbocycles. The van der Waals surface area contributed by atoms with Crippen molar-refractivity contribution >= 4 is 11.7 Å². The lowest BCUT2D eigenvalue weighted by molar-refractivity contribution is 0.0937. The standard InChI is InChI=1S/C16H25N3O/c1-10(2)14-8-13(9-15(17-4)19-14)16(20)18-11(3)7-12-5-6-12/h8-12H,5-7H2,1-4H3,(H,17,19)(H,18,20). The van der Waals surface area contributed by atoms with E-state index in [-0.39, 0.29) is 11.9 Å². The Hall–Kier alpha value is -1.58. The minimum Gasteiger partial charge on any atom is -0.373 e. The molecule has 0 aliphatic heterocycles. The Morgan fingerprint density at radius 3 is 2.60 bits per heavy atom. The van der Waals surface area contributed by atoms with Crippen LogP contribution in [0.5, 0.6) is 0 Å². The molecule has 20 heavy (non-hydrogen) atoms. The van der Waals surface area contributed by atoms with E-state index in [2.05, 4.69) is 36.4 Å². The molecule has 4 nitrogen and oxygen atoms in total. The van der Waals surface area contributed by atoms with Crippen molar-refractivity contribution in [3.63, 3.8) is 0 Å². The lowest BCUT2D eigenvalue weighted by Gasteiger charge is -2.15. The van der Waals surface area contributed by atoms with E-state index in [9.17, 15) is 4.79 Å². The summed E-state index contributed by atoms with van der Waals surface area (Å²) in [6.07, 6.45) is 3.72. The molecule has 1 heterocycles. The second-order valence-electron chi connectivity index (χ2n) is 6.12. The number of nitrogens with one attached hydrogen (secondary N) is 2. The van der Waals surface area contributed by atoms with Crippen LogP contribution in [-0.4, -0.2) is 24.0 Å². The first kappa shape index (κ1) is 14.8. The number of amides is 1. The average molecular weight is 275 g/mol. The van der Waals surface area contributed by atoms with Crippen LogP contribution >= 0.6 is 0 Å². The van der Waals surface area contributed by atoms with Gasteiger partial charge >= 0.3 is 0 Å². The number of hydrogen-bond acceptors (Lipinski definition) is 3. The molecule has 1 unspecified atom stereocenters. The molecule has 1 amide bonds. The van der Waals surface area contributed by atoms with Crippen LogP contribution in [-0.2, 0) is 0 Å². The molecular formula is C16H25N3O. The van der Waals surface area contributed by atoms with Crippen LogP contribution in [0.1, 0.15) is 62.0 Å². The molecule has 0 bridgehead atoms. The van der Waals surface area contributed by atoms with Crippen LogP contribution in [0.2, 0.25) is 0 Å². The molecule has 110 valence electrons. The van der Waals surface area contributed by atoms with Crippen molar-refractivity contribution in [1.82, 2.24) is 10.3 Å². The molecule has 1 aliphatic rings. The number of carbonyl (C=O) groups is 1. The number of pyridine rings is 1. The van der Waals surface area contributed by atoms with Crippen LogP contribution < -0.4 is 10.6 Å². The highest BCUT2D eigenvalue weighted by molar-refractivity contribution is 5.95. The Morgan fingerprint density at radius 1 is 1.35 bits per heavy atom. The number of carbonyl (C=O) groups excluding carboxylic acids is 1. The predicted octanol–water partition coefficient (Wildman–Crippen LogP) is 3.17. The first-order chi connectivity index (χ1) is 9.49. The van der Waals surface area contributed by atoms with Gasteiger partial charge in [0.2, 0.25) is 0 Å². The van der Waals surface area contributed by atoms with Gasteiger partial charge in [0.25, 0.3) is 5.91 Å². The van der Waals surface area contributed by atoms with Crippen LogP contribution in [0.25, 0.3) is 0 Å². The lowest BCUT2D eigenvalue weighted by Crippen LogP contribution is -2.33. The summed E-state index contributed by atoms with van der Waals surface area (Å²) in [4.78, 5) is 16.8. The first-order valence-corrected chi connectivity index (χ1v) is 7.50. The van der Waals surface area contributed by atoms with Crippen LogP contribution in [0, 0.1) is 5.92 Å². The monoisotopic (exact) mass is 275 g/mol. The van der Waals surface area contributed by atoms with Crippen molar-refractivity contribution in [2.24, 2.45) is 5.92 Å². The zero-order valence-electron chi connectivity index (χ0n) is 12.9. The van der Waals surface area contributed by atoms with Crippen LogP contribution in [0.3, 0.4) is 0 Å². The molecule has 0 saturated heterocycles. The van der Waals surface area contributed by atoms with Crippen molar-refractivity contribution in [3.8, 4) is 0 Å². The van der Waals surface area contributed by atoms with Gasteiger partial charge in [0.15, 0.2) is 0 Å². The largest absolute Gasteiger partial charge is 0.373 e. The molecule has 4 heteroatoms. The van der Waals surface area contributed by atoms with E-state index in [1.807, 2.05) is 19.2 Å². The molecule has 2 N–H and O–H groups in total. The molecule has 1 fully saturated rings. The Labute approximate surface area is 121 Å². The third-order valence-corrected chi connectivity index (χ3v) is 3.72. The first-order valence-electron chi connectivity index (χ1n) is 7.50. The molecule has 1 atom stereocenters. The molecule has 0 aromatic carbocycles. The topological polar surface area (TPSA) is 54.0 Å². The van der Waals surface area contributed by atoms with Gasteiger partial charge in [0.05, 0.1) is 0 Å². The van der Waals surface area contributed by atoms with Crippen molar-refractivity contribution in [1.29, 1.82) is 0 Å². The van der Waals surface area contributed by atoms with E-state index in [0.29, 0.717) is 11.5 Å². The molecule has 2 rings (SSSR count). The predicted molar refractivity (Wildman–Crippen MR) is 82.1 cm³/mol. The van der Waals surface area contributed by atoms with Gasteiger partial charge in [-0.2, -0.15) is 0 Å². The Morgan fingerprint density at radius 2 is 2.05 bits per heavy atom. The lowest BCUT2D eigenvalue weighted by atomic mass is 10.1. The van der Waals surface area contributed by atoms with E-state index >= 15 is 0 Å². The molecule has 1 aromatic heterocycles. The summed E-state index contributed by atoms with van der Waals surface area (Å²) < 4.78 is 0. The third-order valence-electron chi connectivity index (χ3n) is 3.72. The Balaban J connectivity index is 2.08. The number of rotatable bonds is 6. The van der Waals surface area contributed by atoms with Gasteiger partial charge in [0.1, 0.15) is 5.82 Å². The van der Waals surface area contributed by atoms with Gasteiger partial charge in [-0.25, -0.2) is 4.98 Å². The maximum atomic E-state index is 12.3. The highest BCUT2D eigenvalue weighted by Gasteiger charge is 2.24. The fourth-order valence-electron chi connectivity index (χ4n) is 2.33. The highest BCUT2D eigenvalue weighted by atomic mass is 16.1. The summed E-state index contributed by atoms with van der Waals surface area (Å²) in [6, 6.07) is 3.94. The molecule has 0 radical (unpaired) electrons. The van der Waals surface area contributed by atoms with Crippen molar-refractivity contribution in [3.05, 3.63) is 23.4 Å². The minimum atomic E-state index is -0.000972. The number of anilines is 1. The van der Waals surface area contributed by atoms with Crippen molar-refractivity contribution in [2.45, 2.75) is 52.0 Å². The zero-order chi connectivity index (χ0) is 14.7. The number of hydrogen-bond donors (Lipinski definition) is 2. The van der Waals surface area contributed by atoms with Gasteiger partial charge in [-0.1, -0.05) is 26.7 Å². The van der Waals surface area contributed by atoms with E-state index in [4.69, 9.17) is 0 Å². The highest BCUT2D eigenvalue weighted by Crippen LogP contribution is 2.33. The van der Waals surface area contributed by atoms with Crippen molar-refractivity contribution < 1.29 is 4.79 Å². The maximum absolute atomic E-state index is 12.3. The summed E-state index contributed by atoms with van der Waals surface area (Å²) >= 11 is 0. The van der Waals surface area contributed by atoms with E-state index in [0.717, 1.165) is 23.9 Å². The van der Waals surface area contributed by atoms with Gasteiger partial charge in [-0.3, -0.25) is 4.79 Å². The van der Waals surface area contributed by atoms with E-state index < -0.39 is 0 Å². The number of nitrogens with zero attached hydrogens (tertiary/aromatic N) is 1. The average Bonchev–Trinajstić information content (AvgIpc) is 3.21. The molecule has 0 spiro atoms. The molecular weight excluding hydrogens is 250 g/mol. The summed E-state index contributed by atoms with van der Waals surface area (Å²) in [7, 11) is 1.82. The normalized spacial score (nSPS) is 16.1. The smallest absolute Gasteiger partial charge is 0.251 e. The second kappa shape index (κ2) is 6.25. The SMILES string of the molecule is CNc1cc(C(=O)NC(C)CC2CC2)cc(C(C)C)n1. The Bertz CT molecular complexity index is 481. The van der Waals surface area contributed by atoms with Crippen LogP contribution in [0.4, 0.5) is 5.82 Å². The van der Waals surface area contributed by atoms with Gasteiger partial charge in [-0.15, -0.1) is 0 Å². The zero-order valence-corrected chi connectivity index (χ0v) is 12.9. The van der Waals surface area contributed by atoms with Crippen LogP contribution in [0.15, 0.2) is 12.1 Å². The summed E-state index contributed by atoms with van der Waals surface area (Å²) in [5, 5.41) is 6.11. The fourth-order valence-corrected chi connectivity index (χ4v) is 2.33. The van der Waals surface area contributed by atoms with Gasteiger partial charge in [0, 0.05) is 24.3 Å².